The number of ether oxygens (including phenoxy) is 1. The van der Waals surface area contributed by atoms with Crippen molar-refractivity contribution < 1.29 is 9.53 Å². The molecule has 4 N–H and O–H groups in total. The Balaban J connectivity index is 1.54. The number of hydrogen-bond acceptors (Lipinski definition) is 7. The van der Waals surface area contributed by atoms with E-state index in [0.717, 1.165) is 48.5 Å². The number of piperazine rings is 1. The van der Waals surface area contributed by atoms with Crippen LogP contribution in [0.25, 0.3) is 11.0 Å². The number of primary amides is 1. The van der Waals surface area contributed by atoms with Gasteiger partial charge in [0, 0.05) is 61.8 Å². The number of methoxy groups -OCH3 is 1. The molecule has 0 unspecified atom stereocenters. The van der Waals surface area contributed by atoms with Crippen LogP contribution >= 0.6 is 0 Å². The van der Waals surface area contributed by atoms with Gasteiger partial charge in [0.1, 0.15) is 17.1 Å². The van der Waals surface area contributed by atoms with E-state index >= 15 is 0 Å². The molecule has 2 aromatic heterocycles. The number of nitrogens with zero attached hydrogens (tertiary/aromatic N) is 5. The van der Waals surface area contributed by atoms with E-state index in [4.69, 9.17) is 15.5 Å². The van der Waals surface area contributed by atoms with E-state index in [1.807, 2.05) is 43.5 Å². The maximum Gasteiger partial charge on any atom is 0.251 e. The zero-order valence-corrected chi connectivity index (χ0v) is 22.2. The average molecular weight is 515 g/mol. The summed E-state index contributed by atoms with van der Waals surface area (Å²) >= 11 is 0. The van der Waals surface area contributed by atoms with Crippen molar-refractivity contribution in [3.63, 3.8) is 0 Å². The van der Waals surface area contributed by atoms with Gasteiger partial charge in [-0.05, 0) is 50.6 Å². The average Bonchev–Trinajstić information content (AvgIpc) is 3.39. The number of aryl methyl sites for hydroxylation is 1. The van der Waals surface area contributed by atoms with Crippen molar-refractivity contribution in [3.05, 3.63) is 71.6 Å². The summed E-state index contributed by atoms with van der Waals surface area (Å²) in [6.45, 7) is 10.3. The molecule has 0 radical (unpaired) electrons. The van der Waals surface area contributed by atoms with Gasteiger partial charge in [0.05, 0.1) is 18.4 Å². The molecule has 1 amide bonds. The Morgan fingerprint density at radius 3 is 2.66 bits per heavy atom. The van der Waals surface area contributed by atoms with E-state index < -0.39 is 5.91 Å². The van der Waals surface area contributed by atoms with Crippen LogP contribution < -0.4 is 26.4 Å². The number of aromatic amines is 1. The topological polar surface area (TPSA) is 117 Å². The van der Waals surface area contributed by atoms with Gasteiger partial charge in [0.15, 0.2) is 0 Å². The van der Waals surface area contributed by atoms with Gasteiger partial charge in [0.2, 0.25) is 0 Å². The van der Waals surface area contributed by atoms with Crippen molar-refractivity contribution in [3.8, 4) is 5.75 Å². The number of fused-ring (bicyclic) bond motifs is 1. The molecule has 198 valence electrons. The third-order valence-electron chi connectivity index (χ3n) is 7.04. The highest BCUT2D eigenvalue weighted by Crippen LogP contribution is 2.32. The summed E-state index contributed by atoms with van der Waals surface area (Å²) in [6.07, 6.45) is 3.58. The molecule has 1 fully saturated rings. The van der Waals surface area contributed by atoms with Gasteiger partial charge < -0.3 is 20.4 Å². The quantitative estimate of drug-likeness (QED) is 0.348. The molecular weight excluding hydrogens is 480 g/mol. The van der Waals surface area contributed by atoms with E-state index in [1.165, 1.54) is 0 Å². The summed E-state index contributed by atoms with van der Waals surface area (Å²) in [6, 6.07) is 14.1. The number of carbonyl (C=O) groups excluding carboxylic acids is 1. The second-order valence-electron chi connectivity index (χ2n) is 9.73. The van der Waals surface area contributed by atoms with Crippen LogP contribution in [0.1, 0.15) is 29.8 Å². The van der Waals surface area contributed by atoms with Crippen LogP contribution in [-0.2, 0) is 0 Å². The second-order valence-corrected chi connectivity index (χ2v) is 9.73. The smallest absolute Gasteiger partial charge is 0.251 e. The predicted molar refractivity (Wildman–Crippen MR) is 150 cm³/mol. The maximum atomic E-state index is 12.2. The Kier molecular flexibility index (Phi) is 7.06. The Labute approximate surface area is 221 Å². The third-order valence-corrected chi connectivity index (χ3v) is 7.04. The normalized spacial score (nSPS) is 14.9. The predicted octanol–water partition coefficient (Wildman–Crippen LogP) is 3.42. The summed E-state index contributed by atoms with van der Waals surface area (Å²) in [5.41, 5.74) is 13.6. The highest BCUT2D eigenvalue weighted by molar-refractivity contribution is 6.00. The maximum absolute atomic E-state index is 12.2. The van der Waals surface area contributed by atoms with Crippen molar-refractivity contribution in [2.24, 2.45) is 10.7 Å². The van der Waals surface area contributed by atoms with Crippen molar-refractivity contribution in [1.82, 2.24) is 19.5 Å². The Morgan fingerprint density at radius 1 is 1.16 bits per heavy atom. The fraction of sp³-hybridized carbons (Fsp3) is 0.321. The van der Waals surface area contributed by atoms with Crippen LogP contribution in [0.3, 0.4) is 0 Å². The van der Waals surface area contributed by atoms with Crippen LogP contribution in [0.5, 0.6) is 5.75 Å². The fourth-order valence-electron chi connectivity index (χ4n) is 4.91. The van der Waals surface area contributed by atoms with E-state index in [1.54, 1.807) is 24.0 Å². The minimum Gasteiger partial charge on any atom is -0.494 e. The lowest BCUT2D eigenvalue weighted by molar-refractivity contribution is 0.100. The molecule has 0 bridgehead atoms. The molecule has 0 spiro atoms. The SMILES string of the molecule is COc1cc(N2CCN(C(C)C)CC2)ccc1N=c1ncc2cc[nH]c2n1Nc1cccc(C)c1C(N)=O. The van der Waals surface area contributed by atoms with Crippen molar-refractivity contribution in [2.75, 3.05) is 43.6 Å². The zero-order chi connectivity index (χ0) is 26.8. The first kappa shape index (κ1) is 25.3. The van der Waals surface area contributed by atoms with E-state index in [2.05, 4.69) is 45.1 Å². The number of benzene rings is 2. The second kappa shape index (κ2) is 10.6. The van der Waals surface area contributed by atoms with Crippen LogP contribution in [0, 0.1) is 6.92 Å². The first-order valence-electron chi connectivity index (χ1n) is 12.8. The molecule has 3 heterocycles. The monoisotopic (exact) mass is 514 g/mol. The number of amides is 1. The van der Waals surface area contributed by atoms with Gasteiger partial charge in [-0.3, -0.25) is 15.1 Å². The molecule has 10 nitrogen and oxygen atoms in total. The Hall–Kier alpha value is -4.31. The van der Waals surface area contributed by atoms with Crippen molar-refractivity contribution >= 4 is 34.0 Å². The first-order chi connectivity index (χ1) is 18.4. The largest absolute Gasteiger partial charge is 0.494 e. The third kappa shape index (κ3) is 4.95. The van der Waals surface area contributed by atoms with E-state index in [0.29, 0.717) is 34.3 Å². The zero-order valence-electron chi connectivity index (χ0n) is 22.2. The highest BCUT2D eigenvalue weighted by Gasteiger charge is 2.20. The lowest BCUT2D eigenvalue weighted by Gasteiger charge is -2.38. The van der Waals surface area contributed by atoms with Crippen LogP contribution in [0.15, 0.2) is 59.9 Å². The standard InChI is InChI=1S/C28H34N8O2/c1-18(2)34-12-14-35(15-13-34)21-8-9-22(24(16-21)38-4)32-28-31-17-20-10-11-30-27(20)36(28)33-23-7-5-6-19(3)25(23)26(29)37/h5-11,16-18,30,33H,12-15H2,1-4H3,(H2,29,37). The Bertz CT molecular complexity index is 1530. The first-order valence-corrected chi connectivity index (χ1v) is 12.8. The van der Waals surface area contributed by atoms with Gasteiger partial charge in [-0.25, -0.2) is 14.7 Å². The summed E-state index contributed by atoms with van der Waals surface area (Å²) in [5.74, 6) is 0.143. The van der Waals surface area contributed by atoms with E-state index in [9.17, 15) is 4.79 Å². The number of rotatable bonds is 7. The molecule has 5 rings (SSSR count). The molecule has 1 aliphatic heterocycles. The number of hydrogen-bond donors (Lipinski definition) is 3. The number of carbonyl (C=O) groups is 1. The molecule has 0 atom stereocenters. The summed E-state index contributed by atoms with van der Waals surface area (Å²) in [4.78, 5) is 29.8. The lowest BCUT2D eigenvalue weighted by Crippen LogP contribution is -2.48. The van der Waals surface area contributed by atoms with Gasteiger partial charge in [-0.2, -0.15) is 0 Å². The van der Waals surface area contributed by atoms with Crippen molar-refractivity contribution in [1.29, 1.82) is 0 Å². The van der Waals surface area contributed by atoms with Crippen LogP contribution in [0.4, 0.5) is 17.1 Å². The molecule has 4 aromatic rings. The fourth-order valence-corrected chi connectivity index (χ4v) is 4.91. The molecule has 0 saturated carbocycles. The Morgan fingerprint density at radius 2 is 1.95 bits per heavy atom. The van der Waals surface area contributed by atoms with Crippen LogP contribution in [-0.4, -0.2) is 64.8 Å². The molecule has 38 heavy (non-hydrogen) atoms. The van der Waals surface area contributed by atoms with Gasteiger partial charge in [0.25, 0.3) is 11.5 Å². The molecular formula is C28H34N8O2. The number of H-pyrrole nitrogens is 1. The molecule has 2 aromatic carbocycles. The minimum absolute atomic E-state index is 0.383. The van der Waals surface area contributed by atoms with Gasteiger partial charge in [-0.15, -0.1) is 0 Å². The molecule has 0 aliphatic carbocycles. The van der Waals surface area contributed by atoms with Gasteiger partial charge in [-0.1, -0.05) is 12.1 Å². The lowest BCUT2D eigenvalue weighted by atomic mass is 10.1. The minimum atomic E-state index is -0.511. The molecule has 1 saturated heterocycles. The number of nitrogens with one attached hydrogen (secondary N) is 2. The number of nitrogens with two attached hydrogens (primary N) is 1. The summed E-state index contributed by atoms with van der Waals surface area (Å²) < 4.78 is 7.47. The molecule has 1 aliphatic rings. The van der Waals surface area contributed by atoms with Crippen LogP contribution in [0.2, 0.25) is 0 Å². The number of anilines is 2. The van der Waals surface area contributed by atoms with Crippen molar-refractivity contribution in [2.45, 2.75) is 26.8 Å². The summed E-state index contributed by atoms with van der Waals surface area (Å²) in [7, 11) is 1.65. The molecule has 10 heteroatoms. The number of aromatic nitrogens is 3. The highest BCUT2D eigenvalue weighted by atomic mass is 16.5. The van der Waals surface area contributed by atoms with E-state index in [-0.39, 0.29) is 0 Å². The van der Waals surface area contributed by atoms with Gasteiger partial charge >= 0.3 is 0 Å². The summed E-state index contributed by atoms with van der Waals surface area (Å²) in [5, 5.41) is 0.882.